The number of hydrogen-bond acceptors (Lipinski definition) is 3. The predicted octanol–water partition coefficient (Wildman–Crippen LogP) is 5.77. The van der Waals surface area contributed by atoms with E-state index in [0.29, 0.717) is 5.82 Å². The fraction of sp³-hybridized carbons (Fsp3) is 0.619. The Kier molecular flexibility index (Phi) is 5.74. The molecule has 1 radical (unpaired) electrons. The maximum Gasteiger partial charge on any atom is 0.466 e. The van der Waals surface area contributed by atoms with E-state index in [1.54, 1.807) is 5.19 Å². The van der Waals surface area contributed by atoms with E-state index in [0.717, 1.165) is 6.42 Å². The minimum absolute atomic E-state index is 0.153. The molecule has 1 saturated heterocycles. The number of unbranched alkanes of at least 4 members (excludes halogenated alkanes) is 1. The van der Waals surface area contributed by atoms with Gasteiger partial charge in [-0.1, -0.05) is 51.1 Å². The summed E-state index contributed by atoms with van der Waals surface area (Å²) in [5.41, 5.74) is -0.545. The van der Waals surface area contributed by atoms with Crippen molar-refractivity contribution in [3.8, 4) is 0 Å². The normalized spacial score (nSPS) is 20.2. The number of rotatable bonds is 6. The van der Waals surface area contributed by atoms with Crippen molar-refractivity contribution >= 4 is 42.5 Å². The van der Waals surface area contributed by atoms with Gasteiger partial charge < -0.3 is 9.31 Å². The third-order valence-corrected chi connectivity index (χ3v) is 8.95. The molecule has 0 saturated carbocycles. The van der Waals surface area contributed by atoms with E-state index in [-0.39, 0.29) is 18.3 Å². The molecule has 2 aromatic rings. The molecule has 3 rings (SSSR count). The molecule has 0 aliphatic carbocycles. The van der Waals surface area contributed by atoms with Gasteiger partial charge in [-0.2, -0.15) is 0 Å². The summed E-state index contributed by atoms with van der Waals surface area (Å²) in [6.45, 7) is 15.7. The van der Waals surface area contributed by atoms with Crippen LogP contribution in [0.1, 0.15) is 64.6 Å². The molecular weight excluding hydrogens is 355 g/mol. The number of benzene rings is 1. The molecule has 1 aromatic heterocycles. The Hall–Kier alpha value is -0.618. The summed E-state index contributed by atoms with van der Waals surface area (Å²) in [5, 5.41) is 3.04. The summed E-state index contributed by atoms with van der Waals surface area (Å²) in [7, 11) is -0.732. The van der Waals surface area contributed by atoms with Crippen molar-refractivity contribution in [1.29, 1.82) is 0 Å². The van der Waals surface area contributed by atoms with Crippen molar-refractivity contribution in [2.75, 3.05) is 0 Å². The van der Waals surface area contributed by atoms with Gasteiger partial charge in [-0.3, -0.25) is 0 Å². The zero-order chi connectivity index (χ0) is 19.1. The Labute approximate surface area is 165 Å². The van der Waals surface area contributed by atoms with Crippen LogP contribution in [-0.4, -0.2) is 27.1 Å². The van der Waals surface area contributed by atoms with Crippen LogP contribution in [0.3, 0.4) is 0 Å². The Morgan fingerprint density at radius 3 is 2.27 bits per heavy atom. The highest BCUT2D eigenvalue weighted by Gasteiger charge is 2.54. The van der Waals surface area contributed by atoms with E-state index < -0.39 is 8.80 Å². The van der Waals surface area contributed by atoms with Crippen LogP contribution in [0.5, 0.6) is 0 Å². The molecule has 2 heterocycles. The summed E-state index contributed by atoms with van der Waals surface area (Å²) in [6, 6.07) is 8.88. The van der Waals surface area contributed by atoms with E-state index in [1.807, 2.05) is 11.3 Å². The van der Waals surface area contributed by atoms with Crippen molar-refractivity contribution in [2.24, 2.45) is 0 Å². The summed E-state index contributed by atoms with van der Waals surface area (Å²) < 4.78 is 14.4. The molecule has 0 amide bonds. The van der Waals surface area contributed by atoms with Crippen molar-refractivity contribution < 1.29 is 9.31 Å². The second kappa shape index (κ2) is 7.42. The zero-order valence-electron chi connectivity index (χ0n) is 17.3. The van der Waals surface area contributed by atoms with Crippen molar-refractivity contribution in [2.45, 2.75) is 84.0 Å². The van der Waals surface area contributed by atoms with Crippen LogP contribution in [-0.2, 0) is 9.31 Å². The van der Waals surface area contributed by atoms with Gasteiger partial charge in [0, 0.05) is 15.4 Å². The van der Waals surface area contributed by atoms with Crippen LogP contribution >= 0.6 is 11.3 Å². The van der Waals surface area contributed by atoms with Crippen LogP contribution in [0.15, 0.2) is 24.3 Å². The molecular formula is C21H32BO2SSi. The molecule has 5 heteroatoms. The first-order valence-electron chi connectivity index (χ1n) is 9.85. The first-order valence-corrected chi connectivity index (χ1v) is 13.2. The molecule has 1 atom stereocenters. The Bertz CT molecular complexity index is 752. The maximum absolute atomic E-state index is 6.50. The highest BCUT2D eigenvalue weighted by atomic mass is 32.1. The molecule has 1 aromatic carbocycles. The average Bonchev–Trinajstić information content (AvgIpc) is 3.02. The topological polar surface area (TPSA) is 18.5 Å². The lowest BCUT2D eigenvalue weighted by atomic mass is 9.68. The molecule has 1 aliphatic heterocycles. The number of thiophene rings is 1. The van der Waals surface area contributed by atoms with Gasteiger partial charge in [0.25, 0.3) is 0 Å². The monoisotopic (exact) mass is 387 g/mol. The lowest BCUT2D eigenvalue weighted by Gasteiger charge is -2.32. The van der Waals surface area contributed by atoms with Gasteiger partial charge in [-0.05, 0) is 50.8 Å². The summed E-state index contributed by atoms with van der Waals surface area (Å²) in [5.74, 6) is 0.322. The SMILES string of the molecule is CCCC[C@H](B1OC(C)(C)C(C)(C)O1)c1sc2ccccc2c1[Si](C)C. The lowest BCUT2D eigenvalue weighted by molar-refractivity contribution is 0.00578. The smallest absolute Gasteiger partial charge is 0.403 e. The fourth-order valence-electron chi connectivity index (χ4n) is 3.71. The largest absolute Gasteiger partial charge is 0.466 e. The molecule has 2 nitrogen and oxygen atoms in total. The third kappa shape index (κ3) is 3.56. The van der Waals surface area contributed by atoms with Gasteiger partial charge >= 0.3 is 7.12 Å². The van der Waals surface area contributed by atoms with Gasteiger partial charge in [0.1, 0.15) is 0 Å². The van der Waals surface area contributed by atoms with Crippen LogP contribution in [0.2, 0.25) is 13.1 Å². The van der Waals surface area contributed by atoms with E-state index in [2.05, 4.69) is 72.0 Å². The second-order valence-corrected chi connectivity index (χ2v) is 12.3. The van der Waals surface area contributed by atoms with Crippen molar-refractivity contribution in [1.82, 2.24) is 0 Å². The molecule has 0 spiro atoms. The van der Waals surface area contributed by atoms with E-state index in [9.17, 15) is 0 Å². The first kappa shape index (κ1) is 20.1. The van der Waals surface area contributed by atoms with Gasteiger partial charge in [0.15, 0.2) is 0 Å². The van der Waals surface area contributed by atoms with Gasteiger partial charge in [-0.25, -0.2) is 0 Å². The second-order valence-electron chi connectivity index (χ2n) is 8.71. The Morgan fingerprint density at radius 2 is 1.69 bits per heavy atom. The minimum atomic E-state index is -0.579. The van der Waals surface area contributed by atoms with Gasteiger partial charge in [0.05, 0.1) is 20.0 Å². The lowest BCUT2D eigenvalue weighted by Crippen LogP contribution is -2.41. The number of fused-ring (bicyclic) bond motifs is 1. The van der Waals surface area contributed by atoms with E-state index in [1.165, 1.54) is 27.8 Å². The molecule has 0 unspecified atom stereocenters. The van der Waals surface area contributed by atoms with Gasteiger partial charge in [-0.15, -0.1) is 11.3 Å². The fourth-order valence-corrected chi connectivity index (χ4v) is 7.26. The first-order chi connectivity index (χ1) is 12.2. The number of hydrogen-bond donors (Lipinski definition) is 0. The van der Waals surface area contributed by atoms with Crippen molar-refractivity contribution in [3.05, 3.63) is 29.1 Å². The van der Waals surface area contributed by atoms with Crippen LogP contribution < -0.4 is 5.19 Å². The molecule has 26 heavy (non-hydrogen) atoms. The molecule has 0 bridgehead atoms. The standard InChI is InChI=1S/C21H32BO2SSi/c1-8-9-13-16(22-23-20(2,3)21(4,5)24-22)18-19(26(6)7)15-12-10-11-14-17(15)25-18/h10-12,14,16H,8-9,13H2,1-7H3/t16-/m0/s1. The van der Waals surface area contributed by atoms with Gasteiger partial charge in [0.2, 0.25) is 0 Å². The third-order valence-electron chi connectivity index (χ3n) is 5.93. The molecule has 0 N–H and O–H groups in total. The summed E-state index contributed by atoms with van der Waals surface area (Å²) in [6.07, 6.45) is 3.53. The van der Waals surface area contributed by atoms with Crippen LogP contribution in [0.4, 0.5) is 0 Å². The van der Waals surface area contributed by atoms with E-state index >= 15 is 0 Å². The van der Waals surface area contributed by atoms with E-state index in [4.69, 9.17) is 9.31 Å². The summed E-state index contributed by atoms with van der Waals surface area (Å²) in [4.78, 5) is 1.51. The van der Waals surface area contributed by atoms with Crippen molar-refractivity contribution in [3.63, 3.8) is 0 Å². The Morgan fingerprint density at radius 1 is 1.08 bits per heavy atom. The van der Waals surface area contributed by atoms with Crippen LogP contribution in [0, 0.1) is 0 Å². The molecule has 1 aliphatic rings. The highest BCUT2D eigenvalue weighted by Crippen LogP contribution is 2.43. The molecule has 1 fully saturated rings. The predicted molar refractivity (Wildman–Crippen MR) is 117 cm³/mol. The van der Waals surface area contributed by atoms with Crippen LogP contribution in [0.25, 0.3) is 10.1 Å². The maximum atomic E-state index is 6.50. The summed E-state index contributed by atoms with van der Waals surface area (Å²) >= 11 is 1.96. The zero-order valence-corrected chi connectivity index (χ0v) is 19.1. The average molecular weight is 387 g/mol. The quantitative estimate of drug-likeness (QED) is 0.586. The molecule has 141 valence electrons. The highest BCUT2D eigenvalue weighted by molar-refractivity contribution is 7.21. The Balaban J connectivity index is 2.07. The minimum Gasteiger partial charge on any atom is -0.403 e.